The zero-order chi connectivity index (χ0) is 13.7. The Labute approximate surface area is 118 Å². The van der Waals surface area contributed by atoms with Gasteiger partial charge in [0.25, 0.3) is 5.91 Å². The summed E-state index contributed by atoms with van der Waals surface area (Å²) in [6.07, 6.45) is 8.22. The van der Waals surface area contributed by atoms with Crippen LogP contribution in [0.5, 0.6) is 0 Å². The van der Waals surface area contributed by atoms with Gasteiger partial charge in [-0.3, -0.25) is 4.79 Å². The van der Waals surface area contributed by atoms with Gasteiger partial charge in [0, 0.05) is 11.9 Å². The third kappa shape index (κ3) is 4.14. The predicted molar refractivity (Wildman–Crippen MR) is 78.2 cm³/mol. The van der Waals surface area contributed by atoms with Crippen LogP contribution < -0.4 is 11.1 Å². The summed E-state index contributed by atoms with van der Waals surface area (Å²) in [7, 11) is 0. The summed E-state index contributed by atoms with van der Waals surface area (Å²) in [5, 5.41) is 5.50. The molecule has 1 unspecified atom stereocenters. The lowest BCUT2D eigenvalue weighted by Gasteiger charge is -2.12. The van der Waals surface area contributed by atoms with Crippen molar-refractivity contribution in [3.05, 3.63) is 27.7 Å². The lowest BCUT2D eigenvalue weighted by Crippen LogP contribution is -2.25. The molecule has 0 spiro atoms. The Hall–Kier alpha value is -1.20. The molecule has 0 fully saturated rings. The first-order valence-electron chi connectivity index (χ1n) is 6.84. The highest BCUT2D eigenvalue weighted by Crippen LogP contribution is 2.19. The Morgan fingerprint density at radius 2 is 2.42 bits per heavy atom. The van der Waals surface area contributed by atoms with E-state index in [0.29, 0.717) is 12.2 Å². The quantitative estimate of drug-likeness (QED) is 0.814. The van der Waals surface area contributed by atoms with Gasteiger partial charge in [-0.1, -0.05) is 11.6 Å². The zero-order valence-corrected chi connectivity index (χ0v) is 12.1. The van der Waals surface area contributed by atoms with Crippen molar-refractivity contribution < 1.29 is 4.79 Å². The molecule has 0 radical (unpaired) electrons. The van der Waals surface area contributed by atoms with E-state index in [1.807, 2.05) is 6.92 Å². The average molecular weight is 279 g/mol. The minimum atomic E-state index is -0.112. The van der Waals surface area contributed by atoms with Gasteiger partial charge in [-0.25, -0.2) is 4.98 Å². The number of hydrogen-bond acceptors (Lipinski definition) is 4. The number of allylic oxidation sites excluding steroid dienone is 1. The van der Waals surface area contributed by atoms with E-state index in [1.165, 1.54) is 42.6 Å². The van der Waals surface area contributed by atoms with Crippen molar-refractivity contribution in [3.63, 3.8) is 0 Å². The SMILES string of the molecule is CC(N)c1nc(C(=O)NCCC2=CCCCC2)cs1. The lowest BCUT2D eigenvalue weighted by molar-refractivity contribution is 0.0949. The minimum Gasteiger partial charge on any atom is -0.350 e. The fourth-order valence-corrected chi connectivity index (χ4v) is 2.92. The number of hydrogen-bond donors (Lipinski definition) is 2. The molecule has 1 amide bonds. The molecule has 0 aromatic carbocycles. The van der Waals surface area contributed by atoms with Crippen molar-refractivity contribution >= 4 is 17.2 Å². The molecule has 19 heavy (non-hydrogen) atoms. The summed E-state index contributed by atoms with van der Waals surface area (Å²) in [4.78, 5) is 16.1. The largest absolute Gasteiger partial charge is 0.350 e. The Bertz CT molecular complexity index is 465. The van der Waals surface area contributed by atoms with E-state index in [4.69, 9.17) is 5.73 Å². The number of rotatable bonds is 5. The van der Waals surface area contributed by atoms with Crippen LogP contribution in [0.3, 0.4) is 0 Å². The highest BCUT2D eigenvalue weighted by molar-refractivity contribution is 7.09. The number of thiazole rings is 1. The van der Waals surface area contributed by atoms with E-state index in [-0.39, 0.29) is 11.9 Å². The van der Waals surface area contributed by atoms with Crippen LogP contribution in [0.1, 0.15) is 60.6 Å². The molecule has 0 saturated carbocycles. The van der Waals surface area contributed by atoms with Gasteiger partial charge in [-0.05, 0) is 39.0 Å². The molecule has 1 heterocycles. The Kier molecular flexibility index (Phi) is 5.10. The molecule has 1 atom stereocenters. The first kappa shape index (κ1) is 14.2. The van der Waals surface area contributed by atoms with Crippen molar-refractivity contribution in [2.45, 2.75) is 45.1 Å². The molecule has 5 heteroatoms. The zero-order valence-electron chi connectivity index (χ0n) is 11.3. The first-order chi connectivity index (χ1) is 9.16. The van der Waals surface area contributed by atoms with Gasteiger partial charge in [-0.15, -0.1) is 11.3 Å². The molecule has 0 saturated heterocycles. The Morgan fingerprint density at radius 1 is 1.58 bits per heavy atom. The third-order valence-electron chi connectivity index (χ3n) is 3.26. The van der Waals surface area contributed by atoms with Crippen LogP contribution in [0.15, 0.2) is 17.0 Å². The van der Waals surface area contributed by atoms with Crippen molar-refractivity contribution in [3.8, 4) is 0 Å². The molecule has 3 N–H and O–H groups in total. The lowest BCUT2D eigenvalue weighted by atomic mass is 9.97. The number of nitrogens with zero attached hydrogens (tertiary/aromatic N) is 1. The highest BCUT2D eigenvalue weighted by atomic mass is 32.1. The van der Waals surface area contributed by atoms with Gasteiger partial charge in [0.05, 0.1) is 6.04 Å². The number of nitrogens with two attached hydrogens (primary N) is 1. The van der Waals surface area contributed by atoms with Gasteiger partial charge >= 0.3 is 0 Å². The van der Waals surface area contributed by atoms with E-state index in [2.05, 4.69) is 16.4 Å². The second-order valence-electron chi connectivity index (χ2n) is 4.97. The van der Waals surface area contributed by atoms with Gasteiger partial charge in [-0.2, -0.15) is 0 Å². The van der Waals surface area contributed by atoms with Crippen LogP contribution in [0, 0.1) is 0 Å². The van der Waals surface area contributed by atoms with E-state index in [1.54, 1.807) is 5.38 Å². The van der Waals surface area contributed by atoms with E-state index < -0.39 is 0 Å². The summed E-state index contributed by atoms with van der Waals surface area (Å²) in [5.41, 5.74) is 7.69. The summed E-state index contributed by atoms with van der Waals surface area (Å²) in [6, 6.07) is -0.112. The molecule has 2 rings (SSSR count). The Balaban J connectivity index is 1.78. The molecule has 104 valence electrons. The van der Waals surface area contributed by atoms with E-state index in [9.17, 15) is 4.79 Å². The standard InChI is InChI=1S/C14H21N3OS/c1-10(15)14-17-12(9-19-14)13(18)16-8-7-11-5-3-2-4-6-11/h5,9-10H,2-4,6-8,15H2,1H3,(H,16,18). The molecule has 1 aliphatic rings. The van der Waals surface area contributed by atoms with Crippen LogP contribution in [0.2, 0.25) is 0 Å². The number of nitrogens with one attached hydrogen (secondary N) is 1. The average Bonchev–Trinajstić information content (AvgIpc) is 2.89. The third-order valence-corrected chi connectivity index (χ3v) is 4.31. The second-order valence-corrected chi connectivity index (χ2v) is 5.86. The Morgan fingerprint density at radius 3 is 3.05 bits per heavy atom. The van der Waals surface area contributed by atoms with Gasteiger partial charge < -0.3 is 11.1 Å². The molecule has 1 aromatic rings. The van der Waals surface area contributed by atoms with Gasteiger partial charge in [0.2, 0.25) is 0 Å². The van der Waals surface area contributed by atoms with Crippen LogP contribution in [0.4, 0.5) is 0 Å². The number of aromatic nitrogens is 1. The number of carbonyl (C=O) groups is 1. The van der Waals surface area contributed by atoms with Gasteiger partial charge in [0.1, 0.15) is 10.7 Å². The molecule has 4 nitrogen and oxygen atoms in total. The van der Waals surface area contributed by atoms with Crippen molar-refractivity contribution in [2.75, 3.05) is 6.54 Å². The molecular formula is C14H21N3OS. The highest BCUT2D eigenvalue weighted by Gasteiger charge is 2.12. The topological polar surface area (TPSA) is 68.0 Å². The van der Waals surface area contributed by atoms with Crippen LogP contribution in [-0.2, 0) is 0 Å². The summed E-state index contributed by atoms with van der Waals surface area (Å²) < 4.78 is 0. The first-order valence-corrected chi connectivity index (χ1v) is 7.72. The second kappa shape index (κ2) is 6.82. The van der Waals surface area contributed by atoms with Crippen molar-refractivity contribution in [1.82, 2.24) is 10.3 Å². The number of amides is 1. The smallest absolute Gasteiger partial charge is 0.270 e. The summed E-state index contributed by atoms with van der Waals surface area (Å²) in [6.45, 7) is 2.56. The predicted octanol–water partition coefficient (Wildman–Crippen LogP) is 2.78. The summed E-state index contributed by atoms with van der Waals surface area (Å²) in [5.74, 6) is -0.0976. The molecular weight excluding hydrogens is 258 g/mol. The maximum absolute atomic E-state index is 11.9. The normalized spacial score (nSPS) is 16.8. The fraction of sp³-hybridized carbons (Fsp3) is 0.571. The van der Waals surface area contributed by atoms with Gasteiger partial charge in [0.15, 0.2) is 0 Å². The molecule has 1 aromatic heterocycles. The molecule has 0 aliphatic heterocycles. The molecule has 0 bridgehead atoms. The minimum absolute atomic E-state index is 0.0976. The van der Waals surface area contributed by atoms with Crippen LogP contribution in [0.25, 0.3) is 0 Å². The number of carbonyl (C=O) groups excluding carboxylic acids is 1. The fourth-order valence-electron chi connectivity index (χ4n) is 2.16. The maximum atomic E-state index is 11.9. The summed E-state index contributed by atoms with van der Waals surface area (Å²) >= 11 is 1.44. The van der Waals surface area contributed by atoms with Crippen LogP contribution >= 0.6 is 11.3 Å². The van der Waals surface area contributed by atoms with E-state index >= 15 is 0 Å². The maximum Gasteiger partial charge on any atom is 0.270 e. The van der Waals surface area contributed by atoms with Crippen molar-refractivity contribution in [2.24, 2.45) is 5.73 Å². The van der Waals surface area contributed by atoms with Crippen LogP contribution in [-0.4, -0.2) is 17.4 Å². The monoisotopic (exact) mass is 279 g/mol. The molecule has 1 aliphatic carbocycles. The van der Waals surface area contributed by atoms with E-state index in [0.717, 1.165) is 11.4 Å². The van der Waals surface area contributed by atoms with Crippen molar-refractivity contribution in [1.29, 1.82) is 0 Å².